The minimum absolute atomic E-state index is 0.0454. The lowest BCUT2D eigenvalue weighted by Crippen LogP contribution is -2.63. The van der Waals surface area contributed by atoms with Crippen molar-refractivity contribution in [2.75, 3.05) is 19.6 Å². The topological polar surface area (TPSA) is 121 Å². The van der Waals surface area contributed by atoms with Crippen LogP contribution in [0.1, 0.15) is 54.9 Å². The Morgan fingerprint density at radius 1 is 1.05 bits per heavy atom. The molecule has 0 spiro atoms. The van der Waals surface area contributed by atoms with E-state index in [1.165, 1.54) is 0 Å². The number of imidazole rings is 1. The Hall–Kier alpha value is -4.15. The van der Waals surface area contributed by atoms with Crippen LogP contribution in [0.2, 0.25) is 0 Å². The van der Waals surface area contributed by atoms with Gasteiger partial charge in [-0.25, -0.2) is 4.52 Å². The fraction of sp³-hybridized carbons (Fsp3) is 0.516. The van der Waals surface area contributed by atoms with Crippen molar-refractivity contribution in [2.24, 2.45) is 18.9 Å². The van der Waals surface area contributed by atoms with E-state index in [1.807, 2.05) is 64.1 Å². The second-order valence-corrected chi connectivity index (χ2v) is 12.1. The lowest BCUT2D eigenvalue weighted by atomic mass is 9.77. The van der Waals surface area contributed by atoms with Gasteiger partial charge in [0, 0.05) is 51.5 Å². The van der Waals surface area contributed by atoms with Crippen molar-refractivity contribution in [3.8, 4) is 0 Å². The molecule has 6 rings (SSSR count). The van der Waals surface area contributed by atoms with E-state index in [1.54, 1.807) is 17.6 Å². The third-order valence-corrected chi connectivity index (χ3v) is 9.15. The molecule has 2 aromatic heterocycles. The molecule has 42 heavy (non-hydrogen) atoms. The molecule has 3 saturated heterocycles. The summed E-state index contributed by atoms with van der Waals surface area (Å²) < 4.78 is 3.60. The van der Waals surface area contributed by atoms with Crippen LogP contribution in [0.5, 0.6) is 0 Å². The zero-order chi connectivity index (χ0) is 29.4. The van der Waals surface area contributed by atoms with E-state index in [4.69, 9.17) is 0 Å². The molecule has 1 aromatic carbocycles. The molecular formula is C31H39N7O4. The molecule has 2 bridgehead atoms. The van der Waals surface area contributed by atoms with Crippen LogP contribution in [0.15, 0.2) is 48.9 Å². The van der Waals surface area contributed by atoms with E-state index in [2.05, 4.69) is 15.7 Å². The summed E-state index contributed by atoms with van der Waals surface area (Å²) in [7, 11) is 1.90. The SMILES string of the molecule is C[C@H]1NC(=O)[C@H](CCc2ccccc2)NC(=O)CCC[C@H]2[C@@H]3C[C@@H](CN(C(=O)c4cnn5ccn(C)c45)C3)CN2C1=O. The van der Waals surface area contributed by atoms with E-state index < -0.39 is 12.1 Å². The second-order valence-electron chi connectivity index (χ2n) is 12.1. The number of carbonyl (C=O) groups excluding carboxylic acids is 4. The second kappa shape index (κ2) is 11.6. The quantitative estimate of drug-likeness (QED) is 0.493. The largest absolute Gasteiger partial charge is 0.344 e. The molecule has 3 aliphatic rings. The van der Waals surface area contributed by atoms with Gasteiger partial charge in [0.05, 0.1) is 6.20 Å². The lowest BCUT2D eigenvalue weighted by molar-refractivity contribution is -0.145. The first-order valence-corrected chi connectivity index (χ1v) is 15.0. The zero-order valence-corrected chi connectivity index (χ0v) is 24.2. The Kier molecular flexibility index (Phi) is 7.74. The maximum absolute atomic E-state index is 13.8. The van der Waals surface area contributed by atoms with Gasteiger partial charge in [0.25, 0.3) is 5.91 Å². The molecule has 2 N–H and O–H groups in total. The van der Waals surface area contributed by atoms with Crippen LogP contribution in [-0.2, 0) is 27.9 Å². The number of hydrogen-bond acceptors (Lipinski definition) is 5. The van der Waals surface area contributed by atoms with Crippen LogP contribution in [0.3, 0.4) is 0 Å². The molecule has 11 nitrogen and oxygen atoms in total. The van der Waals surface area contributed by atoms with Gasteiger partial charge in [-0.15, -0.1) is 0 Å². The summed E-state index contributed by atoms with van der Waals surface area (Å²) in [6, 6.07) is 8.33. The number of nitrogens with one attached hydrogen (secondary N) is 2. The number of aryl methyl sites for hydroxylation is 2. The molecule has 222 valence electrons. The number of benzene rings is 1. The van der Waals surface area contributed by atoms with Gasteiger partial charge in [-0.05, 0) is 56.4 Å². The van der Waals surface area contributed by atoms with Gasteiger partial charge >= 0.3 is 0 Å². The minimum Gasteiger partial charge on any atom is -0.344 e. The Bertz CT molecular complexity index is 1480. The molecule has 5 heterocycles. The highest BCUT2D eigenvalue weighted by atomic mass is 16.2. The highest BCUT2D eigenvalue weighted by molar-refractivity contribution is 6.00. The minimum atomic E-state index is -0.717. The van der Waals surface area contributed by atoms with Gasteiger partial charge in [-0.1, -0.05) is 30.3 Å². The predicted octanol–water partition coefficient (Wildman–Crippen LogP) is 1.77. The summed E-state index contributed by atoms with van der Waals surface area (Å²) in [5.74, 6) is -0.396. The fourth-order valence-corrected chi connectivity index (χ4v) is 7.09. The van der Waals surface area contributed by atoms with Crippen molar-refractivity contribution in [3.63, 3.8) is 0 Å². The summed E-state index contributed by atoms with van der Waals surface area (Å²) in [5, 5.41) is 10.2. The highest BCUT2D eigenvalue weighted by Gasteiger charge is 2.45. The molecule has 3 fully saturated rings. The molecule has 0 saturated carbocycles. The number of hydrogen-bond donors (Lipinski definition) is 2. The number of likely N-dealkylation sites (tertiary alicyclic amines) is 1. The Labute approximate surface area is 245 Å². The van der Waals surface area contributed by atoms with Gasteiger partial charge in [0.15, 0.2) is 0 Å². The van der Waals surface area contributed by atoms with Gasteiger partial charge in [0.2, 0.25) is 17.7 Å². The summed E-state index contributed by atoms with van der Waals surface area (Å²) >= 11 is 0. The van der Waals surface area contributed by atoms with Crippen LogP contribution < -0.4 is 10.6 Å². The number of piperidine rings is 2. The average molecular weight is 574 g/mol. The van der Waals surface area contributed by atoms with Crippen LogP contribution in [0.4, 0.5) is 0 Å². The Morgan fingerprint density at radius 2 is 1.86 bits per heavy atom. The average Bonchev–Trinajstić information content (AvgIpc) is 3.58. The van der Waals surface area contributed by atoms with Crippen molar-refractivity contribution in [1.82, 2.24) is 34.6 Å². The molecule has 4 amide bonds. The first-order chi connectivity index (χ1) is 20.3. The normalized spacial score (nSPS) is 27.1. The molecule has 5 atom stereocenters. The summed E-state index contributed by atoms with van der Waals surface area (Å²) in [4.78, 5) is 57.5. The number of fused-ring (bicyclic) bond motifs is 5. The summed E-state index contributed by atoms with van der Waals surface area (Å²) in [5.41, 5.74) is 2.42. The molecule has 3 aliphatic heterocycles. The predicted molar refractivity (Wildman–Crippen MR) is 155 cm³/mol. The molecule has 0 unspecified atom stereocenters. The van der Waals surface area contributed by atoms with Crippen molar-refractivity contribution < 1.29 is 19.2 Å². The number of amides is 4. The van der Waals surface area contributed by atoms with Crippen LogP contribution in [0, 0.1) is 11.8 Å². The van der Waals surface area contributed by atoms with Gasteiger partial charge in [-0.3, -0.25) is 19.2 Å². The molecule has 3 aromatic rings. The molecular weight excluding hydrogens is 534 g/mol. The summed E-state index contributed by atoms with van der Waals surface area (Å²) in [6.45, 7) is 3.37. The van der Waals surface area contributed by atoms with Gasteiger partial charge in [-0.2, -0.15) is 5.10 Å². The van der Waals surface area contributed by atoms with Gasteiger partial charge < -0.3 is 25.0 Å². The Morgan fingerprint density at radius 3 is 2.67 bits per heavy atom. The van der Waals surface area contributed by atoms with Crippen LogP contribution in [0.25, 0.3) is 5.65 Å². The van der Waals surface area contributed by atoms with Crippen molar-refractivity contribution in [1.29, 1.82) is 0 Å². The van der Waals surface area contributed by atoms with Crippen molar-refractivity contribution in [3.05, 3.63) is 60.0 Å². The first kappa shape index (κ1) is 28.0. The third-order valence-electron chi connectivity index (χ3n) is 9.15. The third kappa shape index (κ3) is 5.52. The number of nitrogens with zero attached hydrogens (tertiary/aromatic N) is 5. The van der Waals surface area contributed by atoms with Crippen LogP contribution in [-0.4, -0.2) is 85.4 Å². The van der Waals surface area contributed by atoms with E-state index in [9.17, 15) is 19.2 Å². The number of aromatic nitrogens is 3. The smallest absolute Gasteiger partial charge is 0.259 e. The molecule has 0 aliphatic carbocycles. The van der Waals surface area contributed by atoms with E-state index in [0.717, 1.165) is 17.6 Å². The fourth-order valence-electron chi connectivity index (χ4n) is 7.09. The summed E-state index contributed by atoms with van der Waals surface area (Å²) in [6.07, 6.45) is 8.91. The lowest BCUT2D eigenvalue weighted by Gasteiger charge is -2.51. The number of rotatable bonds is 4. The van der Waals surface area contributed by atoms with E-state index in [0.29, 0.717) is 50.9 Å². The first-order valence-electron chi connectivity index (χ1n) is 15.0. The van der Waals surface area contributed by atoms with Gasteiger partial charge in [0.1, 0.15) is 23.3 Å². The number of carbonyl (C=O) groups is 4. The maximum Gasteiger partial charge on any atom is 0.259 e. The van der Waals surface area contributed by atoms with E-state index >= 15 is 0 Å². The van der Waals surface area contributed by atoms with E-state index in [-0.39, 0.29) is 47.9 Å². The van der Waals surface area contributed by atoms with Crippen molar-refractivity contribution in [2.45, 2.75) is 63.6 Å². The van der Waals surface area contributed by atoms with Crippen molar-refractivity contribution >= 4 is 29.3 Å². The monoisotopic (exact) mass is 573 g/mol. The maximum atomic E-state index is 13.8. The zero-order valence-electron chi connectivity index (χ0n) is 24.2. The Balaban J connectivity index is 1.17. The van der Waals surface area contributed by atoms with Crippen LogP contribution >= 0.6 is 0 Å². The standard InChI is InChI=1S/C31H39N7O4/c1-20-30(41)37-18-22-15-23(19-36(17-22)31(42)24-16-32-38-14-13-35(2)29(24)38)26(37)9-6-10-27(39)34-25(28(40)33-20)12-11-21-7-4-3-5-8-21/h3-5,7-8,13-14,16,20,22-23,25-26H,6,9-12,15,17-19H2,1-2H3,(H,33,40)(H,34,39)/t20-,22+,23-,25+,26+/m1/s1. The highest BCUT2D eigenvalue weighted by Crippen LogP contribution is 2.36. The molecule has 0 radical (unpaired) electrons. The molecule has 11 heteroatoms.